The molecular formula is C75H146O17P2. The average molecular weight is 1380 g/mol. The molecule has 0 bridgehead atoms. The van der Waals surface area contributed by atoms with Crippen molar-refractivity contribution in [2.45, 2.75) is 412 Å². The molecule has 19 heteroatoms. The summed E-state index contributed by atoms with van der Waals surface area (Å²) in [6.07, 6.45) is 57.0. The topological polar surface area (TPSA) is 237 Å². The van der Waals surface area contributed by atoms with E-state index < -0.39 is 97.5 Å². The molecule has 3 N–H and O–H groups in total. The first-order valence-electron chi connectivity index (χ1n) is 39.1. The number of rotatable bonds is 75. The Morgan fingerprint density at radius 2 is 0.489 bits per heavy atom. The molecule has 0 spiro atoms. The summed E-state index contributed by atoms with van der Waals surface area (Å²) in [7, 11) is -9.90. The molecule has 558 valence electrons. The lowest BCUT2D eigenvalue weighted by molar-refractivity contribution is -0.161. The van der Waals surface area contributed by atoms with Crippen LogP contribution in [0.4, 0.5) is 0 Å². The van der Waals surface area contributed by atoms with Gasteiger partial charge in [-0.3, -0.25) is 37.3 Å². The molecule has 17 nitrogen and oxygen atoms in total. The van der Waals surface area contributed by atoms with Crippen molar-refractivity contribution >= 4 is 39.5 Å². The third-order valence-corrected chi connectivity index (χ3v) is 19.4. The SMILES string of the molecule is CCCCCCCCCCCCCCCCCCCCCCC(=O)O[C@H](COC(=O)CCCCCCCCCCCCCCC(C)C)COP(=O)(O)OC[C@@H](O)COP(=O)(O)OC[C@@H](COC(=O)CCCCCCCCCC)OC(=O)CCCCCCCCCCCCC. The van der Waals surface area contributed by atoms with Crippen LogP contribution in [0.3, 0.4) is 0 Å². The van der Waals surface area contributed by atoms with Gasteiger partial charge in [-0.2, -0.15) is 0 Å². The molecule has 0 aromatic carbocycles. The summed E-state index contributed by atoms with van der Waals surface area (Å²) in [5, 5.41) is 10.6. The molecule has 0 aliphatic rings. The Hall–Kier alpha value is -1.94. The maximum atomic E-state index is 13.1. The van der Waals surface area contributed by atoms with E-state index in [1.807, 2.05) is 0 Å². The molecule has 2 unspecified atom stereocenters. The Labute approximate surface area is 575 Å². The lowest BCUT2D eigenvalue weighted by atomic mass is 10.0. The van der Waals surface area contributed by atoms with Gasteiger partial charge in [0.2, 0.25) is 0 Å². The molecule has 0 aliphatic carbocycles. The van der Waals surface area contributed by atoms with Crippen molar-refractivity contribution in [3.63, 3.8) is 0 Å². The van der Waals surface area contributed by atoms with Crippen molar-refractivity contribution in [1.82, 2.24) is 0 Å². The summed E-state index contributed by atoms with van der Waals surface area (Å²) < 4.78 is 68.4. The Morgan fingerprint density at radius 1 is 0.287 bits per heavy atom. The highest BCUT2D eigenvalue weighted by Gasteiger charge is 2.30. The van der Waals surface area contributed by atoms with E-state index in [4.69, 9.17) is 37.0 Å². The fourth-order valence-electron chi connectivity index (χ4n) is 11.5. The summed E-state index contributed by atoms with van der Waals surface area (Å²) in [5.41, 5.74) is 0. The Balaban J connectivity index is 5.18. The van der Waals surface area contributed by atoms with Gasteiger partial charge in [0.1, 0.15) is 19.3 Å². The number of esters is 4. The van der Waals surface area contributed by atoms with Crippen LogP contribution in [0.5, 0.6) is 0 Å². The minimum Gasteiger partial charge on any atom is -0.462 e. The van der Waals surface area contributed by atoms with Gasteiger partial charge in [-0.05, 0) is 31.6 Å². The Bertz CT molecular complexity index is 1810. The summed E-state index contributed by atoms with van der Waals surface area (Å²) in [6, 6.07) is 0. The molecule has 0 saturated heterocycles. The van der Waals surface area contributed by atoms with E-state index >= 15 is 0 Å². The smallest absolute Gasteiger partial charge is 0.462 e. The molecule has 0 saturated carbocycles. The largest absolute Gasteiger partial charge is 0.472 e. The molecule has 0 rings (SSSR count). The second-order valence-electron chi connectivity index (χ2n) is 27.5. The van der Waals surface area contributed by atoms with Crippen molar-refractivity contribution in [3.05, 3.63) is 0 Å². The monoisotopic (exact) mass is 1380 g/mol. The van der Waals surface area contributed by atoms with E-state index in [1.165, 1.54) is 212 Å². The molecule has 0 radical (unpaired) electrons. The summed E-state index contributed by atoms with van der Waals surface area (Å²) in [4.78, 5) is 72.6. The van der Waals surface area contributed by atoms with Gasteiger partial charge in [0.25, 0.3) is 0 Å². The molecule has 94 heavy (non-hydrogen) atoms. The lowest BCUT2D eigenvalue weighted by Gasteiger charge is -2.21. The predicted molar refractivity (Wildman–Crippen MR) is 382 cm³/mol. The molecule has 0 amide bonds. The molecule has 0 fully saturated rings. The molecule has 5 atom stereocenters. The number of ether oxygens (including phenoxy) is 4. The Kier molecular flexibility index (Phi) is 66.8. The number of aliphatic hydroxyl groups excluding tert-OH is 1. The molecular weight excluding hydrogens is 1230 g/mol. The first-order valence-corrected chi connectivity index (χ1v) is 42.1. The van der Waals surface area contributed by atoms with Crippen molar-refractivity contribution in [3.8, 4) is 0 Å². The van der Waals surface area contributed by atoms with Crippen LogP contribution in [0.25, 0.3) is 0 Å². The first kappa shape index (κ1) is 92.1. The molecule has 0 aromatic heterocycles. The van der Waals surface area contributed by atoms with Crippen molar-refractivity contribution < 1.29 is 80.2 Å². The minimum absolute atomic E-state index is 0.107. The number of carbonyl (C=O) groups excluding carboxylic acids is 4. The van der Waals surface area contributed by atoms with Crippen LogP contribution in [0, 0.1) is 5.92 Å². The lowest BCUT2D eigenvalue weighted by Crippen LogP contribution is -2.30. The van der Waals surface area contributed by atoms with Crippen LogP contribution < -0.4 is 0 Å². The third-order valence-electron chi connectivity index (χ3n) is 17.5. The normalized spacial score (nSPS) is 14.0. The fraction of sp³-hybridized carbons (Fsp3) is 0.947. The van der Waals surface area contributed by atoms with E-state index in [1.54, 1.807) is 0 Å². The van der Waals surface area contributed by atoms with E-state index in [2.05, 4.69) is 34.6 Å². The van der Waals surface area contributed by atoms with Crippen LogP contribution in [-0.4, -0.2) is 96.7 Å². The van der Waals surface area contributed by atoms with Gasteiger partial charge in [0.15, 0.2) is 12.2 Å². The number of phosphoric acid groups is 2. The minimum atomic E-state index is -4.96. The highest BCUT2D eigenvalue weighted by Crippen LogP contribution is 2.45. The van der Waals surface area contributed by atoms with E-state index in [9.17, 15) is 43.2 Å². The zero-order valence-corrected chi connectivity index (χ0v) is 62.9. The summed E-state index contributed by atoms with van der Waals surface area (Å²) in [6.45, 7) is 7.27. The quantitative estimate of drug-likeness (QED) is 0.0222. The first-order chi connectivity index (χ1) is 45.5. The van der Waals surface area contributed by atoms with Gasteiger partial charge >= 0.3 is 39.5 Å². The number of phosphoric ester groups is 2. The van der Waals surface area contributed by atoms with Crippen LogP contribution >= 0.6 is 15.6 Å². The van der Waals surface area contributed by atoms with Gasteiger partial charge in [-0.15, -0.1) is 0 Å². The fourth-order valence-corrected chi connectivity index (χ4v) is 13.1. The maximum absolute atomic E-state index is 13.1. The summed E-state index contributed by atoms with van der Waals surface area (Å²) >= 11 is 0. The van der Waals surface area contributed by atoms with Gasteiger partial charge in [0.05, 0.1) is 26.4 Å². The molecule has 0 aliphatic heterocycles. The van der Waals surface area contributed by atoms with Crippen LogP contribution in [-0.2, 0) is 65.4 Å². The van der Waals surface area contributed by atoms with E-state index in [0.717, 1.165) is 102 Å². The van der Waals surface area contributed by atoms with Crippen LogP contribution in [0.15, 0.2) is 0 Å². The third kappa shape index (κ3) is 68.6. The van der Waals surface area contributed by atoms with Crippen LogP contribution in [0.1, 0.15) is 394 Å². The molecule has 0 aromatic rings. The van der Waals surface area contributed by atoms with Gasteiger partial charge < -0.3 is 33.8 Å². The number of hydrogen-bond acceptors (Lipinski definition) is 15. The maximum Gasteiger partial charge on any atom is 0.472 e. The van der Waals surface area contributed by atoms with Crippen molar-refractivity contribution in [2.24, 2.45) is 5.92 Å². The second-order valence-corrected chi connectivity index (χ2v) is 30.4. The van der Waals surface area contributed by atoms with Crippen molar-refractivity contribution in [1.29, 1.82) is 0 Å². The average Bonchev–Trinajstić information content (AvgIpc) is 1.86. The standard InChI is InChI=1S/C75H146O17P2/c1-6-9-12-15-18-21-23-24-25-26-27-28-29-30-31-37-41-46-51-56-61-75(80)92-71(65-86-73(78)59-54-49-44-39-36-33-32-35-38-42-47-52-57-68(4)5)67-90-94(83,84)88-63-69(76)62-87-93(81,82)89-66-70(64-85-72(77)58-53-48-43-20-17-14-11-8-3)91-74(79)60-55-50-45-40-34-22-19-16-13-10-7-2/h68-71,76H,6-67H2,1-5H3,(H,81,82)(H,83,84)/t69-,70+,71+/m0/s1. The van der Waals surface area contributed by atoms with Crippen LogP contribution in [0.2, 0.25) is 0 Å². The zero-order chi connectivity index (χ0) is 69.1. The highest BCUT2D eigenvalue weighted by atomic mass is 31.2. The van der Waals surface area contributed by atoms with Gasteiger partial charge in [-0.1, -0.05) is 343 Å². The van der Waals surface area contributed by atoms with E-state index in [-0.39, 0.29) is 25.7 Å². The second kappa shape index (κ2) is 68.2. The Morgan fingerprint density at radius 3 is 0.723 bits per heavy atom. The van der Waals surface area contributed by atoms with E-state index in [0.29, 0.717) is 25.7 Å². The molecule has 0 heterocycles. The van der Waals surface area contributed by atoms with Gasteiger partial charge in [-0.25, -0.2) is 9.13 Å². The zero-order valence-electron chi connectivity index (χ0n) is 61.1. The number of carbonyl (C=O) groups is 4. The van der Waals surface area contributed by atoms with Gasteiger partial charge in [0, 0.05) is 25.7 Å². The number of hydrogen-bond donors (Lipinski definition) is 3. The predicted octanol–water partition coefficient (Wildman–Crippen LogP) is 22.1. The highest BCUT2D eigenvalue weighted by molar-refractivity contribution is 7.47. The summed E-state index contributed by atoms with van der Waals surface area (Å²) in [5.74, 6) is -1.34. The van der Waals surface area contributed by atoms with Crippen molar-refractivity contribution in [2.75, 3.05) is 39.6 Å². The number of unbranched alkanes of at least 4 members (excludes halogenated alkanes) is 47. The number of aliphatic hydroxyl groups is 1.